The molecule has 0 atom stereocenters. The van der Waals surface area contributed by atoms with Crippen LogP contribution >= 0.6 is 0 Å². The lowest BCUT2D eigenvalue weighted by molar-refractivity contribution is 0.392. The van der Waals surface area contributed by atoms with Gasteiger partial charge in [0.05, 0.1) is 17.6 Å². The van der Waals surface area contributed by atoms with Crippen LogP contribution in [0.3, 0.4) is 0 Å². The van der Waals surface area contributed by atoms with Crippen LogP contribution in [0.2, 0.25) is 0 Å². The van der Waals surface area contributed by atoms with Crippen molar-refractivity contribution in [1.29, 1.82) is 0 Å². The molecular formula is C28H31N3O. The van der Waals surface area contributed by atoms with Crippen LogP contribution in [-0.4, -0.2) is 22.2 Å². The number of rotatable bonds is 4. The van der Waals surface area contributed by atoms with Crippen LogP contribution in [0.15, 0.2) is 71.5 Å². The molecule has 2 heterocycles. The molecular weight excluding hydrogens is 394 g/mol. The van der Waals surface area contributed by atoms with Gasteiger partial charge in [-0.15, -0.1) is 0 Å². The summed E-state index contributed by atoms with van der Waals surface area (Å²) in [6.45, 7) is 9.06. The maximum absolute atomic E-state index is 13.7. The van der Waals surface area contributed by atoms with Gasteiger partial charge in [0.15, 0.2) is 0 Å². The molecule has 0 radical (unpaired) electrons. The lowest BCUT2D eigenvalue weighted by atomic mass is 10.0. The molecule has 0 bridgehead atoms. The minimum Gasteiger partial charge on any atom is -0.371 e. The fourth-order valence-corrected chi connectivity index (χ4v) is 5.35. The average Bonchev–Trinajstić information content (AvgIpc) is 3.07. The second-order valence-corrected chi connectivity index (χ2v) is 9.11. The van der Waals surface area contributed by atoms with Crippen LogP contribution in [0, 0.1) is 20.8 Å². The zero-order chi connectivity index (χ0) is 22.2. The molecule has 4 heteroatoms. The molecule has 164 valence electrons. The molecule has 1 fully saturated rings. The maximum atomic E-state index is 13.7. The third-order valence-corrected chi connectivity index (χ3v) is 7.04. The molecule has 1 aliphatic heterocycles. The van der Waals surface area contributed by atoms with Gasteiger partial charge in [0, 0.05) is 24.8 Å². The zero-order valence-electron chi connectivity index (χ0n) is 19.2. The first-order chi connectivity index (χ1) is 15.5. The van der Waals surface area contributed by atoms with E-state index in [1.807, 2.05) is 16.7 Å². The fraction of sp³-hybridized carbons (Fsp3) is 0.321. The van der Waals surface area contributed by atoms with Crippen molar-refractivity contribution in [2.75, 3.05) is 18.0 Å². The summed E-state index contributed by atoms with van der Waals surface area (Å²) in [5.74, 6) is 0. The predicted octanol–water partition coefficient (Wildman–Crippen LogP) is 5.62. The summed E-state index contributed by atoms with van der Waals surface area (Å²) in [6.07, 6.45) is 1.96. The monoisotopic (exact) mass is 425 g/mol. The number of hydrogen-bond acceptors (Lipinski definition) is 2. The topological polar surface area (TPSA) is 30.2 Å². The number of hydrogen-bond donors (Lipinski definition) is 0. The molecule has 4 aromatic rings. The molecule has 1 saturated heterocycles. The molecule has 1 aromatic heterocycles. The van der Waals surface area contributed by atoms with Crippen LogP contribution in [0.4, 0.5) is 5.69 Å². The van der Waals surface area contributed by atoms with Gasteiger partial charge in [0.25, 0.3) is 0 Å². The highest BCUT2D eigenvalue weighted by Crippen LogP contribution is 2.32. The number of imidazole rings is 1. The van der Waals surface area contributed by atoms with Crippen molar-refractivity contribution >= 4 is 16.7 Å². The van der Waals surface area contributed by atoms with E-state index < -0.39 is 0 Å². The molecule has 4 nitrogen and oxygen atoms in total. The van der Waals surface area contributed by atoms with Crippen molar-refractivity contribution < 1.29 is 0 Å². The third-order valence-electron chi connectivity index (χ3n) is 7.04. The van der Waals surface area contributed by atoms with Crippen molar-refractivity contribution in [2.24, 2.45) is 0 Å². The molecule has 0 N–H and O–H groups in total. The Hall–Kier alpha value is -3.27. The van der Waals surface area contributed by atoms with E-state index in [1.54, 1.807) is 0 Å². The molecule has 0 spiro atoms. The van der Waals surface area contributed by atoms with Crippen molar-refractivity contribution in [2.45, 2.75) is 46.2 Å². The van der Waals surface area contributed by atoms with Crippen molar-refractivity contribution in [3.05, 3.63) is 99.5 Å². The zero-order valence-corrected chi connectivity index (χ0v) is 19.2. The number of nitrogens with zero attached hydrogens (tertiary/aromatic N) is 3. The lowest BCUT2D eigenvalue weighted by Gasteiger charge is -2.35. The van der Waals surface area contributed by atoms with E-state index in [2.05, 4.69) is 84.8 Å². The van der Waals surface area contributed by atoms with Gasteiger partial charge in [-0.2, -0.15) is 0 Å². The SMILES string of the molecule is Cc1ccccc1Cn1c(=O)n(C2CCN(c3c(C)cccc3C)CC2)c2ccccc21. The van der Waals surface area contributed by atoms with Crippen molar-refractivity contribution in [1.82, 2.24) is 9.13 Å². The number of aromatic nitrogens is 2. The molecule has 0 saturated carbocycles. The summed E-state index contributed by atoms with van der Waals surface area (Å²) in [4.78, 5) is 16.2. The molecule has 32 heavy (non-hydrogen) atoms. The standard InChI is InChI=1S/C28H31N3O/c1-20-9-4-5-12-23(20)19-30-25-13-6-7-14-26(25)31(28(30)32)24-15-17-29(18-16-24)27-21(2)10-8-11-22(27)3/h4-14,24H,15-19H2,1-3H3. The number of para-hydroxylation sites is 3. The second kappa shape index (κ2) is 8.34. The number of piperidine rings is 1. The van der Waals surface area contributed by atoms with Gasteiger partial charge < -0.3 is 4.90 Å². The summed E-state index contributed by atoms with van der Waals surface area (Å²) in [6, 6.07) is 23.3. The molecule has 0 amide bonds. The summed E-state index contributed by atoms with van der Waals surface area (Å²) < 4.78 is 4.02. The van der Waals surface area contributed by atoms with Crippen molar-refractivity contribution in [3.8, 4) is 0 Å². The van der Waals surface area contributed by atoms with E-state index >= 15 is 0 Å². The number of aryl methyl sites for hydroxylation is 3. The summed E-state index contributed by atoms with van der Waals surface area (Å²) in [5, 5.41) is 0. The van der Waals surface area contributed by atoms with E-state index in [-0.39, 0.29) is 11.7 Å². The Balaban J connectivity index is 1.47. The summed E-state index contributed by atoms with van der Waals surface area (Å²) in [7, 11) is 0. The van der Waals surface area contributed by atoms with Gasteiger partial charge in [-0.25, -0.2) is 4.79 Å². The Labute approximate surface area is 189 Å². The average molecular weight is 426 g/mol. The quantitative estimate of drug-likeness (QED) is 0.425. The molecule has 3 aromatic carbocycles. The Morgan fingerprint density at radius 1 is 0.750 bits per heavy atom. The maximum Gasteiger partial charge on any atom is 0.329 e. The largest absolute Gasteiger partial charge is 0.371 e. The Morgan fingerprint density at radius 2 is 1.34 bits per heavy atom. The van der Waals surface area contributed by atoms with Crippen LogP contribution in [0.1, 0.15) is 41.1 Å². The van der Waals surface area contributed by atoms with Crippen LogP contribution in [-0.2, 0) is 6.54 Å². The third kappa shape index (κ3) is 3.54. The van der Waals surface area contributed by atoms with Gasteiger partial charge >= 0.3 is 5.69 Å². The van der Waals surface area contributed by atoms with Crippen molar-refractivity contribution in [3.63, 3.8) is 0 Å². The Morgan fingerprint density at radius 3 is 2.03 bits per heavy atom. The molecule has 0 unspecified atom stereocenters. The molecule has 1 aliphatic rings. The molecule has 0 aliphatic carbocycles. The van der Waals surface area contributed by atoms with Gasteiger partial charge in [-0.05, 0) is 68.0 Å². The van der Waals surface area contributed by atoms with Gasteiger partial charge in [-0.3, -0.25) is 9.13 Å². The van der Waals surface area contributed by atoms with Gasteiger partial charge in [-0.1, -0.05) is 54.6 Å². The highest BCUT2D eigenvalue weighted by atomic mass is 16.1. The minimum absolute atomic E-state index is 0.111. The van der Waals surface area contributed by atoms with Gasteiger partial charge in [0.1, 0.15) is 0 Å². The smallest absolute Gasteiger partial charge is 0.329 e. The van der Waals surface area contributed by atoms with Crippen LogP contribution in [0.25, 0.3) is 11.0 Å². The summed E-state index contributed by atoms with van der Waals surface area (Å²) >= 11 is 0. The number of anilines is 1. The normalized spacial score (nSPS) is 14.9. The number of benzene rings is 3. The Bertz CT molecular complexity index is 1300. The number of fused-ring (bicyclic) bond motifs is 1. The van der Waals surface area contributed by atoms with E-state index in [1.165, 1.54) is 27.9 Å². The Kier molecular flexibility index (Phi) is 5.38. The van der Waals surface area contributed by atoms with E-state index in [9.17, 15) is 4.79 Å². The van der Waals surface area contributed by atoms with Crippen LogP contribution in [0.5, 0.6) is 0 Å². The van der Waals surface area contributed by atoms with E-state index in [0.29, 0.717) is 6.54 Å². The molecule has 5 rings (SSSR count). The lowest BCUT2D eigenvalue weighted by Crippen LogP contribution is -2.38. The first kappa shape index (κ1) is 20.6. The fourth-order valence-electron chi connectivity index (χ4n) is 5.35. The van der Waals surface area contributed by atoms with E-state index in [4.69, 9.17) is 0 Å². The van der Waals surface area contributed by atoms with Crippen LogP contribution < -0.4 is 10.6 Å². The second-order valence-electron chi connectivity index (χ2n) is 9.11. The predicted molar refractivity (Wildman–Crippen MR) is 133 cm³/mol. The summed E-state index contributed by atoms with van der Waals surface area (Å²) in [5.41, 5.74) is 8.63. The minimum atomic E-state index is 0.111. The first-order valence-corrected chi connectivity index (χ1v) is 11.6. The van der Waals surface area contributed by atoms with Gasteiger partial charge in [0.2, 0.25) is 0 Å². The first-order valence-electron chi connectivity index (χ1n) is 11.6. The van der Waals surface area contributed by atoms with E-state index in [0.717, 1.165) is 37.0 Å². The highest BCUT2D eigenvalue weighted by Gasteiger charge is 2.26. The highest BCUT2D eigenvalue weighted by molar-refractivity contribution is 5.76.